The highest BCUT2D eigenvalue weighted by molar-refractivity contribution is 9.11. The van der Waals surface area contributed by atoms with E-state index in [-0.39, 0.29) is 35.5 Å². The van der Waals surface area contributed by atoms with Crippen LogP contribution in [0, 0.1) is 35.5 Å². The summed E-state index contributed by atoms with van der Waals surface area (Å²) in [4.78, 5) is 26.1. The number of nitrogens with zero attached hydrogens (tertiary/aromatic N) is 2. The van der Waals surface area contributed by atoms with Crippen LogP contribution >= 0.6 is 43.5 Å². The van der Waals surface area contributed by atoms with Crippen LogP contribution in [0.3, 0.4) is 0 Å². The van der Waals surface area contributed by atoms with Gasteiger partial charge in [0, 0.05) is 10.6 Å². The number of imide groups is 1. The number of hydrogen-bond acceptors (Lipinski definition) is 4. The van der Waals surface area contributed by atoms with Gasteiger partial charge in [0.05, 0.1) is 27.0 Å². The second-order valence-electron chi connectivity index (χ2n) is 9.08. The second kappa shape index (κ2) is 8.07. The number of allylic oxidation sites excluding steroid dienone is 2. The molecule has 4 aliphatic carbocycles. The molecule has 0 radical (unpaired) electrons. The minimum Gasteiger partial charge on any atom is -0.486 e. The first-order valence-corrected chi connectivity index (χ1v) is 12.9. The molecule has 1 heterocycles. The Bertz CT molecular complexity index is 1190. The summed E-state index contributed by atoms with van der Waals surface area (Å²) in [6.07, 6.45) is 7.02. The molecule has 1 aliphatic heterocycles. The number of hydrogen-bond donors (Lipinski definition) is 0. The Hall–Kier alpha value is -1.96. The van der Waals surface area contributed by atoms with Crippen molar-refractivity contribution in [2.24, 2.45) is 40.6 Å². The molecule has 33 heavy (non-hydrogen) atoms. The quantitative estimate of drug-likeness (QED) is 0.250. The van der Waals surface area contributed by atoms with Crippen molar-refractivity contribution in [2.75, 3.05) is 0 Å². The van der Waals surface area contributed by atoms with Gasteiger partial charge in [-0.3, -0.25) is 9.59 Å². The largest absolute Gasteiger partial charge is 0.486 e. The van der Waals surface area contributed by atoms with E-state index in [0.29, 0.717) is 29.2 Å². The first-order chi connectivity index (χ1) is 15.9. The molecule has 2 aromatic carbocycles. The monoisotopic (exact) mass is 588 g/mol. The van der Waals surface area contributed by atoms with E-state index in [1.54, 1.807) is 6.21 Å². The van der Waals surface area contributed by atoms with E-state index < -0.39 is 0 Å². The lowest BCUT2D eigenvalue weighted by atomic mass is 9.63. The van der Waals surface area contributed by atoms with Crippen molar-refractivity contribution in [3.63, 3.8) is 0 Å². The van der Waals surface area contributed by atoms with E-state index in [4.69, 9.17) is 16.3 Å². The van der Waals surface area contributed by atoms with Crippen LogP contribution < -0.4 is 4.74 Å². The molecule has 0 aromatic heterocycles. The zero-order valence-electron chi connectivity index (χ0n) is 17.3. The van der Waals surface area contributed by atoms with E-state index in [0.717, 1.165) is 31.5 Å². The maximum atomic E-state index is 13.1. The molecule has 2 aromatic rings. The average molecular weight is 591 g/mol. The molecule has 5 aliphatic rings. The molecule has 168 valence electrons. The topological polar surface area (TPSA) is 59.0 Å². The minimum atomic E-state index is -0.243. The molecule has 5 nitrogen and oxygen atoms in total. The predicted octanol–water partition coefficient (Wildman–Crippen LogP) is 5.83. The average Bonchev–Trinajstić information content (AvgIpc) is 3.57. The molecular formula is C25H19Br2ClN2O3. The molecule has 2 saturated carbocycles. The van der Waals surface area contributed by atoms with Crippen LogP contribution in [0.15, 0.2) is 62.6 Å². The van der Waals surface area contributed by atoms with Crippen molar-refractivity contribution in [2.45, 2.75) is 13.0 Å². The van der Waals surface area contributed by atoms with E-state index in [9.17, 15) is 9.59 Å². The summed E-state index contributed by atoms with van der Waals surface area (Å²) >= 11 is 13.3. The third-order valence-corrected chi connectivity index (χ3v) is 8.86. The van der Waals surface area contributed by atoms with Crippen LogP contribution in [0.4, 0.5) is 0 Å². The zero-order chi connectivity index (χ0) is 22.9. The van der Waals surface area contributed by atoms with Crippen LogP contribution in [-0.4, -0.2) is 23.0 Å². The highest BCUT2D eigenvalue weighted by Gasteiger charge is 2.67. The van der Waals surface area contributed by atoms with Crippen LogP contribution in [0.2, 0.25) is 5.02 Å². The fourth-order valence-corrected chi connectivity index (χ4v) is 7.38. The third-order valence-electron chi connectivity index (χ3n) is 7.31. The Kier molecular flexibility index (Phi) is 5.27. The normalized spacial score (nSPS) is 31.3. The number of hydrazone groups is 1. The van der Waals surface area contributed by atoms with E-state index in [1.165, 1.54) is 0 Å². The Morgan fingerprint density at radius 3 is 2.24 bits per heavy atom. The first kappa shape index (κ1) is 21.6. The molecule has 8 heteroatoms. The number of ether oxygens (including phenoxy) is 1. The smallest absolute Gasteiger partial charge is 0.254 e. The van der Waals surface area contributed by atoms with Gasteiger partial charge >= 0.3 is 0 Å². The molecule has 6 atom stereocenters. The summed E-state index contributed by atoms with van der Waals surface area (Å²) in [5, 5.41) is 6.06. The number of carbonyl (C=O) groups excluding carboxylic acids is 2. The fourth-order valence-electron chi connectivity index (χ4n) is 5.74. The lowest BCUT2D eigenvalue weighted by molar-refractivity contribution is -0.140. The van der Waals surface area contributed by atoms with Crippen molar-refractivity contribution in [1.29, 1.82) is 0 Å². The molecule has 0 N–H and O–H groups in total. The Labute approximate surface area is 213 Å². The lowest BCUT2D eigenvalue weighted by Crippen LogP contribution is -2.40. The van der Waals surface area contributed by atoms with Gasteiger partial charge < -0.3 is 4.74 Å². The maximum absolute atomic E-state index is 13.1. The van der Waals surface area contributed by atoms with Crippen molar-refractivity contribution < 1.29 is 14.3 Å². The van der Waals surface area contributed by atoms with Crippen molar-refractivity contribution in [1.82, 2.24) is 5.01 Å². The standard InChI is InChI=1S/C25H19Br2ClN2O3/c26-18-7-12(8-19(27)23(18)33-11-13-3-1-2-4-20(13)28)10-29-30-24(31)21-14-5-6-15(17-9-16(14)17)22(21)25(30)32/h1-8,10,14-17,21-22H,9,11H2/b29-10-/t14-,15-,16-,17+,21-,22+/m0/s1. The molecule has 7 rings (SSSR count). The van der Waals surface area contributed by atoms with Crippen LogP contribution in [-0.2, 0) is 16.2 Å². The van der Waals surface area contributed by atoms with Gasteiger partial charge in [-0.05, 0) is 85.7 Å². The molecule has 2 bridgehead atoms. The lowest BCUT2D eigenvalue weighted by Gasteiger charge is -2.37. The SMILES string of the molecule is O=C1[C@@H]2[C@H]3C=C[C@@H]([C@@H]4C[C@H]34)[C@@H]2C(=O)N1/N=C\c1cc(Br)c(OCc2ccccc2Cl)c(Br)c1. The number of benzene rings is 2. The molecule has 2 amide bonds. The summed E-state index contributed by atoms with van der Waals surface area (Å²) < 4.78 is 7.41. The Morgan fingerprint density at radius 2 is 1.64 bits per heavy atom. The fraction of sp³-hybridized carbons (Fsp3) is 0.320. The van der Waals surface area contributed by atoms with Gasteiger partial charge in [0.1, 0.15) is 12.4 Å². The molecular weight excluding hydrogens is 572 g/mol. The van der Waals surface area contributed by atoms with Gasteiger partial charge in [-0.25, -0.2) is 0 Å². The first-order valence-electron chi connectivity index (χ1n) is 10.9. The predicted molar refractivity (Wildman–Crippen MR) is 132 cm³/mol. The van der Waals surface area contributed by atoms with Gasteiger partial charge in [-0.15, -0.1) is 0 Å². The van der Waals surface area contributed by atoms with Crippen molar-refractivity contribution in [3.05, 3.63) is 73.6 Å². The number of halogens is 3. The summed E-state index contributed by atoms with van der Waals surface area (Å²) in [5.74, 6) is 1.36. The number of carbonyl (C=O) groups is 2. The van der Waals surface area contributed by atoms with E-state index in [1.807, 2.05) is 36.4 Å². The van der Waals surface area contributed by atoms with E-state index in [2.05, 4.69) is 49.1 Å². The zero-order valence-corrected chi connectivity index (χ0v) is 21.3. The molecule has 0 spiro atoms. The Balaban J connectivity index is 1.19. The van der Waals surface area contributed by atoms with Crippen molar-refractivity contribution in [3.8, 4) is 5.75 Å². The summed E-state index contributed by atoms with van der Waals surface area (Å²) in [5.41, 5.74) is 1.62. The summed E-state index contributed by atoms with van der Waals surface area (Å²) in [6.45, 7) is 0.322. The van der Waals surface area contributed by atoms with Gasteiger partial charge in [0.2, 0.25) is 0 Å². The van der Waals surface area contributed by atoms with Crippen LogP contribution in [0.25, 0.3) is 0 Å². The molecule has 0 unspecified atom stereocenters. The number of rotatable bonds is 5. The second-order valence-corrected chi connectivity index (χ2v) is 11.2. The van der Waals surface area contributed by atoms with Gasteiger partial charge in [-0.1, -0.05) is 42.0 Å². The molecule has 1 saturated heterocycles. The maximum Gasteiger partial charge on any atom is 0.254 e. The van der Waals surface area contributed by atoms with Gasteiger partial charge in [-0.2, -0.15) is 10.1 Å². The van der Waals surface area contributed by atoms with Crippen LogP contribution in [0.5, 0.6) is 5.75 Å². The van der Waals surface area contributed by atoms with Crippen molar-refractivity contribution >= 4 is 61.5 Å². The minimum absolute atomic E-state index is 0.163. The van der Waals surface area contributed by atoms with Crippen LogP contribution in [0.1, 0.15) is 17.5 Å². The van der Waals surface area contributed by atoms with E-state index >= 15 is 0 Å². The summed E-state index contributed by atoms with van der Waals surface area (Å²) in [7, 11) is 0. The summed E-state index contributed by atoms with van der Waals surface area (Å²) in [6, 6.07) is 11.2. The van der Waals surface area contributed by atoms with Gasteiger partial charge in [0.25, 0.3) is 11.8 Å². The third kappa shape index (κ3) is 3.51. The molecule has 3 fully saturated rings. The Morgan fingerprint density at radius 1 is 1.03 bits per heavy atom. The highest BCUT2D eigenvalue weighted by Crippen LogP contribution is 2.65. The van der Waals surface area contributed by atoms with Gasteiger partial charge in [0.15, 0.2) is 0 Å². The number of amides is 2. The highest BCUT2D eigenvalue weighted by atomic mass is 79.9.